The van der Waals surface area contributed by atoms with Crippen molar-refractivity contribution in [2.45, 2.75) is 179 Å². The summed E-state index contributed by atoms with van der Waals surface area (Å²) in [6.45, 7) is 10.2. The maximum atomic E-state index is 14.9. The number of aliphatic carboxylic acids is 1. The number of aliphatic hydroxyl groups excluding tert-OH is 8. The molecule has 1 aromatic rings. The van der Waals surface area contributed by atoms with E-state index in [4.69, 9.17) is 15.2 Å². The Morgan fingerprint density at radius 2 is 1.68 bits per heavy atom. The number of hydrogen-bond donors (Lipinski definition) is 13. The Kier molecular flexibility index (Phi) is 14.2. The molecule has 400 valence electrons. The number of H-pyrrole nitrogens is 1. The number of ether oxygens (including phenoxy) is 2. The molecule has 3 heterocycles. The van der Waals surface area contributed by atoms with Crippen LogP contribution >= 0.6 is 0 Å². The van der Waals surface area contributed by atoms with Crippen LogP contribution in [0.4, 0.5) is 0 Å². The molecule has 7 fully saturated rings. The minimum Gasteiger partial charge on any atom is -0.481 e. The number of nitrogens with two attached hydrogens (primary N) is 1. The normalized spacial score (nSPS) is 48.4. The summed E-state index contributed by atoms with van der Waals surface area (Å²) >= 11 is 0. The van der Waals surface area contributed by atoms with Crippen LogP contribution in [-0.2, 0) is 19.1 Å². The van der Waals surface area contributed by atoms with Crippen molar-refractivity contribution in [1.29, 1.82) is 0 Å². The van der Waals surface area contributed by atoms with Crippen LogP contribution in [0.3, 0.4) is 0 Å². The van der Waals surface area contributed by atoms with Crippen LogP contribution < -0.4 is 16.4 Å². The number of carboxylic acid groups (broad SMARTS) is 1. The number of hydrogen-bond acceptors (Lipinski definition) is 15. The molecule has 1 aromatic heterocycles. The Balaban J connectivity index is 1.20. The van der Waals surface area contributed by atoms with E-state index in [9.17, 15) is 55.5 Å². The molecular formula is C53H85N5O13. The molecular weight excluding hydrogens is 915 g/mol. The molecule has 2 saturated heterocycles. The molecule has 18 nitrogen and oxygen atoms in total. The van der Waals surface area contributed by atoms with Crippen molar-refractivity contribution < 1.29 is 65.0 Å². The van der Waals surface area contributed by atoms with E-state index in [-0.39, 0.29) is 55.6 Å². The van der Waals surface area contributed by atoms with Crippen LogP contribution in [0.1, 0.15) is 130 Å². The van der Waals surface area contributed by atoms with E-state index >= 15 is 0 Å². The SMILES string of the molecule is CNC[C@H](C[C@@H](c1cnc[nH]1)[C@@H]1NC(=O)C2(CCCC2)[C@H]1C[C@@H]1[C@@H](O)[C@@H](O[C@@H]2OC[C@@H](O)[C@H](O)[C@H]2O)[C@@](C)(CO)[C@H]2CC[C@]3(C)[C@H](CC=C4[C@@H]5C[C@@](C)(CO)C[C@H](O)[C@]5(C(=O)O)CC[C@]43C)[C@@]12C)[C@@H](N)O. The van der Waals surface area contributed by atoms with Gasteiger partial charge in [-0.05, 0) is 129 Å². The number of nitrogens with zero attached hydrogens (tertiary/aromatic N) is 1. The van der Waals surface area contributed by atoms with Gasteiger partial charge in [-0.25, -0.2) is 4.98 Å². The largest absolute Gasteiger partial charge is 0.481 e. The molecule has 14 N–H and O–H groups in total. The number of amides is 1. The quantitative estimate of drug-likeness (QED) is 0.0719. The molecule has 1 amide bonds. The van der Waals surface area contributed by atoms with E-state index in [1.807, 2.05) is 13.8 Å². The second-order valence-corrected chi connectivity index (χ2v) is 25.4. The van der Waals surface area contributed by atoms with E-state index < -0.39 is 123 Å². The van der Waals surface area contributed by atoms with Gasteiger partial charge >= 0.3 is 5.97 Å². The van der Waals surface area contributed by atoms with E-state index in [0.29, 0.717) is 64.3 Å². The first kappa shape index (κ1) is 53.2. The third-order valence-corrected chi connectivity index (χ3v) is 22.3. The Hall–Kier alpha value is -2.59. The molecule has 22 atom stereocenters. The zero-order chi connectivity index (χ0) is 51.4. The summed E-state index contributed by atoms with van der Waals surface area (Å²) in [5.41, 5.74) is 2.17. The molecule has 0 aromatic carbocycles. The van der Waals surface area contributed by atoms with Crippen LogP contribution in [-0.4, -0.2) is 156 Å². The first-order valence-corrected chi connectivity index (χ1v) is 26.7. The fourth-order valence-corrected chi connectivity index (χ4v) is 18.1. The molecule has 6 aliphatic carbocycles. The summed E-state index contributed by atoms with van der Waals surface area (Å²) in [5.74, 6) is -3.79. The van der Waals surface area contributed by atoms with Crippen molar-refractivity contribution in [3.05, 3.63) is 29.9 Å². The molecule has 9 rings (SSSR count). The highest BCUT2D eigenvalue weighted by atomic mass is 16.7. The zero-order valence-electron chi connectivity index (χ0n) is 42.7. The van der Waals surface area contributed by atoms with Crippen molar-refractivity contribution in [3.8, 4) is 0 Å². The average molecular weight is 1000 g/mol. The van der Waals surface area contributed by atoms with Gasteiger partial charge in [0.25, 0.3) is 0 Å². The number of aromatic nitrogens is 2. The smallest absolute Gasteiger partial charge is 0.312 e. The lowest BCUT2D eigenvalue weighted by atomic mass is 9.31. The first-order chi connectivity index (χ1) is 33.5. The molecule has 0 unspecified atom stereocenters. The van der Waals surface area contributed by atoms with Crippen LogP contribution in [0.15, 0.2) is 24.2 Å². The van der Waals surface area contributed by atoms with Gasteiger partial charge in [0.2, 0.25) is 5.91 Å². The Morgan fingerprint density at radius 1 is 0.958 bits per heavy atom. The number of allylic oxidation sites excluding steroid dienone is 2. The highest BCUT2D eigenvalue weighted by Gasteiger charge is 2.75. The average Bonchev–Trinajstić information content (AvgIpc) is 4.10. The van der Waals surface area contributed by atoms with Crippen molar-refractivity contribution in [3.63, 3.8) is 0 Å². The Labute approximate surface area is 418 Å². The lowest BCUT2D eigenvalue weighted by Crippen LogP contribution is -2.73. The van der Waals surface area contributed by atoms with Crippen LogP contribution in [0.25, 0.3) is 0 Å². The summed E-state index contributed by atoms with van der Waals surface area (Å²) in [6, 6.07) is -0.481. The van der Waals surface area contributed by atoms with Crippen LogP contribution in [0.5, 0.6) is 0 Å². The van der Waals surface area contributed by atoms with E-state index in [1.54, 1.807) is 19.6 Å². The molecule has 0 radical (unpaired) electrons. The minimum absolute atomic E-state index is 0.0424. The van der Waals surface area contributed by atoms with Crippen LogP contribution in [0.2, 0.25) is 0 Å². The summed E-state index contributed by atoms with van der Waals surface area (Å²) in [5, 5.41) is 109. The number of carboxylic acids is 1. The van der Waals surface area contributed by atoms with Gasteiger partial charge < -0.3 is 76.8 Å². The summed E-state index contributed by atoms with van der Waals surface area (Å²) in [7, 11) is 1.80. The predicted molar refractivity (Wildman–Crippen MR) is 258 cm³/mol. The number of aliphatic hydroxyl groups is 8. The monoisotopic (exact) mass is 1000 g/mol. The Morgan fingerprint density at radius 3 is 2.30 bits per heavy atom. The molecule has 2 aliphatic heterocycles. The van der Waals surface area contributed by atoms with Gasteiger partial charge in [-0.1, -0.05) is 59.1 Å². The van der Waals surface area contributed by atoms with Gasteiger partial charge in [-0.15, -0.1) is 0 Å². The number of imidazole rings is 1. The first-order valence-electron chi connectivity index (χ1n) is 26.7. The molecule has 0 bridgehead atoms. The third-order valence-electron chi connectivity index (χ3n) is 22.3. The maximum Gasteiger partial charge on any atom is 0.312 e. The number of carbonyl (C=O) groups is 2. The lowest BCUT2D eigenvalue weighted by molar-refractivity contribution is -0.340. The number of nitrogens with one attached hydrogen (secondary N) is 3. The fourth-order valence-electron chi connectivity index (χ4n) is 18.1. The second-order valence-electron chi connectivity index (χ2n) is 25.4. The Bertz CT molecular complexity index is 2140. The van der Waals surface area contributed by atoms with E-state index in [0.717, 1.165) is 24.1 Å². The minimum atomic E-state index is -1.66. The molecule has 71 heavy (non-hydrogen) atoms. The van der Waals surface area contributed by atoms with Gasteiger partial charge in [-0.3, -0.25) is 9.59 Å². The number of fused-ring (bicyclic) bond motifs is 7. The highest BCUT2D eigenvalue weighted by Crippen LogP contribution is 2.77. The topological polar surface area (TPSA) is 313 Å². The van der Waals surface area contributed by atoms with E-state index in [1.165, 1.54) is 0 Å². The lowest BCUT2D eigenvalue weighted by Gasteiger charge is -2.73. The summed E-state index contributed by atoms with van der Waals surface area (Å²) < 4.78 is 12.6. The number of aromatic amines is 1. The van der Waals surface area contributed by atoms with Crippen molar-refractivity contribution in [1.82, 2.24) is 20.6 Å². The van der Waals surface area contributed by atoms with E-state index in [2.05, 4.69) is 47.4 Å². The standard InChI is InChI=1S/C53H85N5O13/c1-47(24-59)19-32-29-9-10-36-50(4,49(29,3)15-16-53(32,46(68)69)37(62)20-47)14-11-35-48(2,25-60)42(71-44-41(65)40(64)34(61)23-70-44)39(63)31(51(35,36)5)18-30-38(58-45(67)52(30)12-7-8-13-52)28(33-22-56-26-57-33)17-27(21-55-6)43(54)66/h9,22,26-28,30-32,34-44,55,59-66H,7-8,10-21,23-25,54H2,1-6H3,(H,56,57)(H,58,67)(H,68,69)/t27-,28-,30-,31+,32-,34+,35+,36-,37-,38-,39+,40-,41+,42+,43-,44-,47+,48-,49+,50+,51-,53-/m0/s1. The fraction of sp³-hybridized carbons (Fsp3) is 0.868. The molecule has 1 spiro atoms. The maximum absolute atomic E-state index is 14.9. The zero-order valence-corrected chi connectivity index (χ0v) is 42.7. The second kappa shape index (κ2) is 18.9. The number of carbonyl (C=O) groups excluding carboxylic acids is 1. The van der Waals surface area contributed by atoms with Gasteiger partial charge in [0.1, 0.15) is 30.0 Å². The molecule has 5 saturated carbocycles. The molecule has 18 heteroatoms. The third kappa shape index (κ3) is 7.79. The highest BCUT2D eigenvalue weighted by molar-refractivity contribution is 5.86. The van der Waals surface area contributed by atoms with Gasteiger partial charge in [-0.2, -0.15) is 0 Å². The van der Waals surface area contributed by atoms with Gasteiger partial charge in [0, 0.05) is 48.3 Å². The predicted octanol–water partition coefficient (Wildman–Crippen LogP) is 1.88. The van der Waals surface area contributed by atoms with Crippen molar-refractivity contribution >= 4 is 11.9 Å². The van der Waals surface area contributed by atoms with Crippen LogP contribution in [0, 0.1) is 73.4 Å². The summed E-state index contributed by atoms with van der Waals surface area (Å²) in [6.07, 6.45) is 1.67. The van der Waals surface area contributed by atoms with Crippen molar-refractivity contribution in [2.24, 2.45) is 79.1 Å². The van der Waals surface area contributed by atoms with Crippen molar-refractivity contribution in [2.75, 3.05) is 33.4 Å². The summed E-state index contributed by atoms with van der Waals surface area (Å²) in [4.78, 5) is 36.2. The molecule has 8 aliphatic rings. The van der Waals surface area contributed by atoms with Gasteiger partial charge in [0.05, 0.1) is 43.3 Å². The number of rotatable bonds is 14. The van der Waals surface area contributed by atoms with Gasteiger partial charge in [0.15, 0.2) is 6.29 Å².